The molecule has 0 radical (unpaired) electrons. The van der Waals surface area contributed by atoms with Crippen LogP contribution in [0.5, 0.6) is 0 Å². The lowest BCUT2D eigenvalue weighted by atomic mass is 10.1. The molecule has 0 aromatic carbocycles. The van der Waals surface area contributed by atoms with Gasteiger partial charge in [-0.3, -0.25) is 0 Å². The Bertz CT molecular complexity index is 146. The molecule has 6 nitrogen and oxygen atoms in total. The fourth-order valence-corrected chi connectivity index (χ4v) is 1.53. The Morgan fingerprint density at radius 1 is 0.733 bits per heavy atom. The lowest BCUT2D eigenvalue weighted by Crippen LogP contribution is -2.08. The summed E-state index contributed by atoms with van der Waals surface area (Å²) in [7, 11) is 0. The molecule has 2 fully saturated rings. The second kappa shape index (κ2) is 6.37. The van der Waals surface area contributed by atoms with Crippen molar-refractivity contribution in [3.63, 3.8) is 0 Å². The molecule has 2 unspecified atom stereocenters. The van der Waals surface area contributed by atoms with Gasteiger partial charge in [-0.05, 0) is 12.8 Å². The largest absolute Gasteiger partial charge is 0.320 e. The van der Waals surface area contributed by atoms with Gasteiger partial charge in [-0.15, -0.1) is 0 Å². The van der Waals surface area contributed by atoms with Gasteiger partial charge < -0.3 is 9.47 Å². The first-order valence-corrected chi connectivity index (χ1v) is 5.25. The van der Waals surface area contributed by atoms with Gasteiger partial charge in [0, 0.05) is 12.8 Å². The van der Waals surface area contributed by atoms with Crippen molar-refractivity contribution in [2.45, 2.75) is 44.7 Å². The molecule has 6 heteroatoms. The molecule has 0 N–H and O–H groups in total. The zero-order valence-electron chi connectivity index (χ0n) is 8.55. The third-order valence-corrected chi connectivity index (χ3v) is 2.33. The smallest absolute Gasteiger partial charge is 0.194 e. The third kappa shape index (κ3) is 4.02. The zero-order chi connectivity index (χ0) is 10.3. The van der Waals surface area contributed by atoms with Crippen LogP contribution in [0.3, 0.4) is 0 Å². The number of hydrogen-bond donors (Lipinski definition) is 0. The Morgan fingerprint density at radius 3 is 1.67 bits per heavy atom. The Kier molecular flexibility index (Phi) is 4.78. The van der Waals surface area contributed by atoms with Gasteiger partial charge >= 0.3 is 0 Å². The summed E-state index contributed by atoms with van der Waals surface area (Å²) in [5.74, 6) is 0. The fraction of sp³-hybridized carbons (Fsp3) is 1.00. The van der Waals surface area contributed by atoms with E-state index in [9.17, 15) is 0 Å². The first-order chi connectivity index (χ1) is 7.45. The molecule has 88 valence electrons. The lowest BCUT2D eigenvalue weighted by molar-refractivity contribution is -0.279. The highest BCUT2D eigenvalue weighted by molar-refractivity contribution is 4.50. The van der Waals surface area contributed by atoms with Crippen LogP contribution in [0.25, 0.3) is 0 Å². The van der Waals surface area contributed by atoms with E-state index in [0.29, 0.717) is 0 Å². The van der Waals surface area contributed by atoms with Crippen LogP contribution in [-0.4, -0.2) is 26.2 Å². The van der Waals surface area contributed by atoms with E-state index in [1.165, 1.54) is 0 Å². The second-order valence-corrected chi connectivity index (χ2v) is 3.49. The van der Waals surface area contributed by atoms with Crippen molar-refractivity contribution in [1.82, 2.24) is 0 Å². The molecule has 0 aromatic rings. The number of rotatable bonds is 6. The Morgan fingerprint density at radius 2 is 1.27 bits per heavy atom. The highest BCUT2D eigenvalue weighted by Crippen LogP contribution is 2.17. The van der Waals surface area contributed by atoms with E-state index in [1.54, 1.807) is 0 Å². The topological polar surface area (TPSA) is 55.4 Å². The molecule has 0 spiro atoms. The van der Waals surface area contributed by atoms with Gasteiger partial charge in [-0.2, -0.15) is 0 Å². The molecular weight excluding hydrogens is 204 g/mol. The molecule has 2 heterocycles. The molecule has 0 aromatic heterocycles. The normalized spacial score (nSPS) is 31.2. The zero-order valence-corrected chi connectivity index (χ0v) is 8.55. The quantitative estimate of drug-likeness (QED) is 0.499. The highest BCUT2D eigenvalue weighted by Gasteiger charge is 2.18. The Balaban J connectivity index is 1.41. The van der Waals surface area contributed by atoms with E-state index in [4.69, 9.17) is 19.2 Å². The van der Waals surface area contributed by atoms with Crippen molar-refractivity contribution in [2.75, 3.05) is 13.6 Å². The third-order valence-electron chi connectivity index (χ3n) is 2.33. The summed E-state index contributed by atoms with van der Waals surface area (Å²) in [6, 6.07) is 0. The maximum absolute atomic E-state index is 5.12. The number of hydrogen-bond acceptors (Lipinski definition) is 6. The number of unbranched alkanes of at least 4 members (excludes halogenated alkanes) is 2. The van der Waals surface area contributed by atoms with Gasteiger partial charge in [0.2, 0.25) is 0 Å². The van der Waals surface area contributed by atoms with Gasteiger partial charge in [0.05, 0.1) is 0 Å². The summed E-state index contributed by atoms with van der Waals surface area (Å²) in [6.45, 7) is 0.484. The van der Waals surface area contributed by atoms with Crippen LogP contribution in [0.2, 0.25) is 0 Å². The summed E-state index contributed by atoms with van der Waals surface area (Å²) >= 11 is 0. The van der Waals surface area contributed by atoms with E-state index in [1.807, 2.05) is 0 Å². The van der Waals surface area contributed by atoms with Crippen molar-refractivity contribution in [1.29, 1.82) is 0 Å². The van der Waals surface area contributed by atoms with Crippen LogP contribution in [0, 0.1) is 0 Å². The van der Waals surface area contributed by atoms with Crippen molar-refractivity contribution >= 4 is 0 Å². The summed E-state index contributed by atoms with van der Waals surface area (Å²) in [4.78, 5) is 18.9. The van der Waals surface area contributed by atoms with Crippen LogP contribution >= 0.6 is 0 Å². The SMILES string of the molecule is C(CCC1OCOO1)CCC1OCOO1. The fourth-order valence-electron chi connectivity index (χ4n) is 1.53. The molecule has 2 atom stereocenters. The molecule has 0 amide bonds. The summed E-state index contributed by atoms with van der Waals surface area (Å²) < 4.78 is 10.2. The van der Waals surface area contributed by atoms with E-state index < -0.39 is 0 Å². The standard InChI is InChI=1S/C9H16O6/c1(2-4-8-10-6-12-14-8)3-5-9-11-7-13-15-9/h8-9H,1-7H2. The van der Waals surface area contributed by atoms with Crippen molar-refractivity contribution in [3.8, 4) is 0 Å². The molecule has 0 bridgehead atoms. The predicted octanol–water partition coefficient (Wildman–Crippen LogP) is 1.46. The van der Waals surface area contributed by atoms with Gasteiger partial charge in [-0.25, -0.2) is 19.6 Å². The lowest BCUT2D eigenvalue weighted by Gasteiger charge is -2.07. The Labute approximate surface area is 88.2 Å². The van der Waals surface area contributed by atoms with Gasteiger partial charge in [0.25, 0.3) is 0 Å². The Hall–Kier alpha value is -0.240. The van der Waals surface area contributed by atoms with Gasteiger partial charge in [0.15, 0.2) is 26.2 Å². The average molecular weight is 220 g/mol. The summed E-state index contributed by atoms with van der Waals surface area (Å²) in [5.41, 5.74) is 0. The van der Waals surface area contributed by atoms with Crippen LogP contribution in [0.1, 0.15) is 32.1 Å². The van der Waals surface area contributed by atoms with Crippen molar-refractivity contribution in [2.24, 2.45) is 0 Å². The minimum Gasteiger partial charge on any atom is -0.320 e. The van der Waals surface area contributed by atoms with Crippen LogP contribution < -0.4 is 0 Å². The van der Waals surface area contributed by atoms with E-state index in [-0.39, 0.29) is 26.2 Å². The first kappa shape index (κ1) is 11.3. The molecule has 2 saturated heterocycles. The summed E-state index contributed by atoms with van der Waals surface area (Å²) in [5, 5.41) is 0. The molecule has 0 saturated carbocycles. The second-order valence-electron chi connectivity index (χ2n) is 3.49. The molecule has 15 heavy (non-hydrogen) atoms. The minimum absolute atomic E-state index is 0.188. The maximum atomic E-state index is 5.12. The van der Waals surface area contributed by atoms with Crippen LogP contribution in [0.15, 0.2) is 0 Å². The summed E-state index contributed by atoms with van der Waals surface area (Å²) in [6.07, 6.45) is 4.53. The molecule has 2 aliphatic rings. The minimum atomic E-state index is -0.188. The van der Waals surface area contributed by atoms with Crippen LogP contribution in [-0.2, 0) is 29.0 Å². The van der Waals surface area contributed by atoms with Gasteiger partial charge in [0.1, 0.15) is 0 Å². The van der Waals surface area contributed by atoms with Crippen molar-refractivity contribution in [3.05, 3.63) is 0 Å². The van der Waals surface area contributed by atoms with Gasteiger partial charge in [-0.1, -0.05) is 6.42 Å². The van der Waals surface area contributed by atoms with Crippen LogP contribution in [0.4, 0.5) is 0 Å². The maximum Gasteiger partial charge on any atom is 0.194 e. The average Bonchev–Trinajstić information content (AvgIpc) is 2.88. The van der Waals surface area contributed by atoms with E-state index in [0.717, 1.165) is 32.1 Å². The molecule has 2 rings (SSSR count). The highest BCUT2D eigenvalue weighted by atomic mass is 17.3. The molecular formula is C9H16O6. The monoisotopic (exact) mass is 220 g/mol. The molecule has 0 aliphatic carbocycles. The van der Waals surface area contributed by atoms with Crippen molar-refractivity contribution < 1.29 is 29.0 Å². The molecule has 2 aliphatic heterocycles. The van der Waals surface area contributed by atoms with E-state index >= 15 is 0 Å². The first-order valence-electron chi connectivity index (χ1n) is 5.25. The van der Waals surface area contributed by atoms with E-state index in [2.05, 4.69) is 9.78 Å². The number of ether oxygens (including phenoxy) is 2. The predicted molar refractivity (Wildman–Crippen MR) is 46.9 cm³/mol.